The first-order chi connectivity index (χ1) is 2.24. The number of rotatable bonds is 0. The molecule has 0 aliphatic carbocycles. The molecular formula is H2F5NaOZr. The summed E-state index contributed by atoms with van der Waals surface area (Å²) in [6.07, 6.45) is 0. The van der Waals surface area contributed by atoms with Gasteiger partial charge in [0.1, 0.15) is 0 Å². The monoisotopic (exact) mass is 226 g/mol. The summed E-state index contributed by atoms with van der Waals surface area (Å²) in [4.78, 5) is 0. The van der Waals surface area contributed by atoms with Crippen LogP contribution in [0.5, 0.6) is 0 Å². The molecule has 0 saturated carbocycles. The maximum absolute atomic E-state index is 9.92. The smallest absolute Gasteiger partial charge is 1.00 e. The molecule has 8 heteroatoms. The second-order valence-electron chi connectivity index (χ2n) is 0.714. The first-order valence-corrected chi connectivity index (χ1v) is 5.59. The molecule has 0 aromatic carbocycles. The van der Waals surface area contributed by atoms with Gasteiger partial charge in [-0.05, 0) is 0 Å². The molecule has 0 atom stereocenters. The van der Waals surface area contributed by atoms with Gasteiger partial charge in [0.15, 0.2) is 0 Å². The Morgan fingerprint density at radius 3 is 0.750 bits per heavy atom. The Morgan fingerprint density at radius 2 is 0.750 bits per heavy atom. The Morgan fingerprint density at radius 1 is 0.750 bits per heavy atom. The molecule has 2 N–H and O–H groups in total. The average molecular weight is 227 g/mol. The topological polar surface area (TPSA) is 31.5 Å². The van der Waals surface area contributed by atoms with E-state index in [1.165, 1.54) is 0 Å². The molecule has 0 aromatic rings. The average Bonchev–Trinajstić information content (AvgIpc) is 0.650. The van der Waals surface area contributed by atoms with Crippen LogP contribution in [0.2, 0.25) is 0 Å². The molecule has 0 heterocycles. The summed E-state index contributed by atoms with van der Waals surface area (Å²) in [6.45, 7) is 0. The first kappa shape index (κ1) is 16.2. The third-order valence-corrected chi connectivity index (χ3v) is 0. The summed E-state index contributed by atoms with van der Waals surface area (Å²) in [6, 6.07) is 0. The molecule has 48 valence electrons. The zero-order valence-corrected chi connectivity index (χ0v) is 8.35. The van der Waals surface area contributed by atoms with Gasteiger partial charge in [0.05, 0.1) is 0 Å². The molecule has 0 aliphatic heterocycles. The van der Waals surface area contributed by atoms with E-state index in [-0.39, 0.29) is 35.0 Å². The van der Waals surface area contributed by atoms with E-state index in [1.807, 2.05) is 0 Å². The Labute approximate surface area is 69.4 Å². The molecule has 0 bridgehead atoms. The van der Waals surface area contributed by atoms with Crippen molar-refractivity contribution in [2.75, 3.05) is 0 Å². The molecule has 0 fully saturated rings. The summed E-state index contributed by atoms with van der Waals surface area (Å²) in [5.74, 6) is 0. The van der Waals surface area contributed by atoms with Gasteiger partial charge < -0.3 is 5.48 Å². The van der Waals surface area contributed by atoms with Crippen LogP contribution in [-0.4, -0.2) is 5.48 Å². The zero-order valence-electron chi connectivity index (χ0n) is 3.89. The first-order valence-electron chi connectivity index (χ1n) is 0.945. The quantitative estimate of drug-likeness (QED) is 0.348. The third kappa shape index (κ3) is 142. The summed E-state index contributed by atoms with van der Waals surface area (Å²) in [7, 11) is 0. The molecule has 0 aromatic heterocycles. The zero-order chi connectivity index (χ0) is 5.45. The predicted octanol–water partition coefficient (Wildman–Crippen LogP) is -1.72. The maximum atomic E-state index is 9.92. The van der Waals surface area contributed by atoms with E-state index in [0.29, 0.717) is 0 Å². The fraction of sp³-hybridized carbons (Fsp3) is 0. The van der Waals surface area contributed by atoms with E-state index >= 15 is 0 Å². The molecule has 0 rings (SSSR count). The van der Waals surface area contributed by atoms with Crippen LogP contribution in [-0.2, 0) is 21.8 Å². The maximum Gasteiger partial charge on any atom is 1.00 e. The van der Waals surface area contributed by atoms with Crippen molar-refractivity contribution in [1.29, 1.82) is 0 Å². The van der Waals surface area contributed by atoms with Gasteiger partial charge in [-0.2, -0.15) is 0 Å². The second kappa shape index (κ2) is 3.61. The van der Waals surface area contributed by atoms with E-state index in [0.717, 1.165) is 0 Å². The van der Waals surface area contributed by atoms with Gasteiger partial charge in [0, 0.05) is 0 Å². The fourth-order valence-electron chi connectivity index (χ4n) is 0. The SMILES string of the molecule is O.[F][Zr-]([F])([F])([F])[F].[Na+]. The Kier molecular flexibility index (Phi) is 7.33. The summed E-state index contributed by atoms with van der Waals surface area (Å²) in [5, 5.41) is 0. The largest absolute Gasteiger partial charge is 1.00 e. The Balaban J connectivity index is -0.000000125. The minimum atomic E-state index is -9.26. The Bertz CT molecular complexity index is 45.6. The van der Waals surface area contributed by atoms with Crippen LogP contribution >= 0.6 is 0 Å². The minimum Gasteiger partial charge on any atom is 1.00 e. The van der Waals surface area contributed by atoms with Crippen molar-refractivity contribution in [3.8, 4) is 0 Å². The number of halogens is 5. The normalized spacial score (nSPS) is 14.4. The van der Waals surface area contributed by atoms with Crippen molar-refractivity contribution in [2.45, 2.75) is 0 Å². The Hall–Kier alpha value is 1.49. The molecule has 1 nitrogen and oxygen atoms in total. The van der Waals surface area contributed by atoms with E-state index in [4.69, 9.17) is 0 Å². The summed E-state index contributed by atoms with van der Waals surface area (Å²) < 4.78 is 49.6. The minimum absolute atomic E-state index is 0. The molecule has 0 amide bonds. The van der Waals surface area contributed by atoms with Crippen molar-refractivity contribution in [2.24, 2.45) is 0 Å². The van der Waals surface area contributed by atoms with Crippen molar-refractivity contribution >= 4 is 0 Å². The molecule has 0 unspecified atom stereocenters. The van der Waals surface area contributed by atoms with Crippen molar-refractivity contribution in [3.63, 3.8) is 0 Å². The second-order valence-corrected chi connectivity index (χ2v) is 4.23. The standard InChI is InChI=1S/5FH.Na.H2O.Zr/h5*1H;;1H2;/q;;;;;+1;;+4/p-5. The molecule has 0 radical (unpaired) electrons. The van der Waals surface area contributed by atoms with Crippen LogP contribution in [0.1, 0.15) is 0 Å². The van der Waals surface area contributed by atoms with Gasteiger partial charge in [0.2, 0.25) is 0 Å². The van der Waals surface area contributed by atoms with Gasteiger partial charge in [-0.1, -0.05) is 0 Å². The molecule has 0 aliphatic rings. The van der Waals surface area contributed by atoms with Crippen LogP contribution in [0, 0.1) is 0 Å². The van der Waals surface area contributed by atoms with E-state index in [2.05, 4.69) is 0 Å². The van der Waals surface area contributed by atoms with Gasteiger partial charge in [0.25, 0.3) is 0 Å². The van der Waals surface area contributed by atoms with Crippen LogP contribution in [0.25, 0.3) is 0 Å². The number of hydrogen-bond acceptors (Lipinski definition) is 0. The van der Waals surface area contributed by atoms with E-state index in [9.17, 15) is 13.1 Å². The molecule has 8 heavy (non-hydrogen) atoms. The summed E-state index contributed by atoms with van der Waals surface area (Å²) in [5.41, 5.74) is 0. The van der Waals surface area contributed by atoms with Gasteiger partial charge in [-0.15, -0.1) is 0 Å². The molecule has 0 saturated heterocycles. The molecular weight excluding hydrogens is 225 g/mol. The van der Waals surface area contributed by atoms with E-state index < -0.39 is 21.8 Å². The van der Waals surface area contributed by atoms with E-state index in [1.54, 1.807) is 0 Å². The van der Waals surface area contributed by atoms with Gasteiger partial charge >= 0.3 is 64.5 Å². The van der Waals surface area contributed by atoms with Crippen LogP contribution in [0.4, 0.5) is 13.1 Å². The predicted molar refractivity (Wildman–Crippen MR) is 9.15 cm³/mol. The van der Waals surface area contributed by atoms with Crippen LogP contribution < -0.4 is 29.6 Å². The third-order valence-electron chi connectivity index (χ3n) is 0. The number of hydrogen-bond donors (Lipinski definition) is 0. The van der Waals surface area contributed by atoms with Crippen LogP contribution in [0.3, 0.4) is 0 Å². The van der Waals surface area contributed by atoms with Crippen molar-refractivity contribution in [1.82, 2.24) is 0 Å². The van der Waals surface area contributed by atoms with Gasteiger partial charge in [-0.25, -0.2) is 0 Å². The van der Waals surface area contributed by atoms with Crippen molar-refractivity contribution in [3.05, 3.63) is 0 Å². The fourth-order valence-corrected chi connectivity index (χ4v) is 0. The molecule has 0 spiro atoms. The van der Waals surface area contributed by atoms with Crippen LogP contribution in [0.15, 0.2) is 0 Å². The summed E-state index contributed by atoms with van der Waals surface area (Å²) >= 11 is -9.26. The van der Waals surface area contributed by atoms with Crippen molar-refractivity contribution < 1.29 is 70.0 Å². The van der Waals surface area contributed by atoms with Gasteiger partial charge in [-0.3, -0.25) is 0 Å².